The molecule has 0 bridgehead atoms. The van der Waals surface area contributed by atoms with Crippen LogP contribution in [0.25, 0.3) is 5.57 Å². The first kappa shape index (κ1) is 16.5. The number of nitrogens with zero attached hydrogens (tertiary/aromatic N) is 1. The highest BCUT2D eigenvalue weighted by atomic mass is 16.6. The minimum Gasteiger partial charge on any atom is -0.508 e. The molecule has 0 radical (unpaired) electrons. The van der Waals surface area contributed by atoms with Gasteiger partial charge < -0.3 is 14.6 Å². The third-order valence-electron chi connectivity index (χ3n) is 4.48. The average Bonchev–Trinajstić information content (AvgIpc) is 3.04. The fourth-order valence-corrected chi connectivity index (χ4v) is 3.36. The number of carbonyl (C=O) groups is 2. The predicted octanol–water partition coefficient (Wildman–Crippen LogP) is 2.11. The summed E-state index contributed by atoms with van der Waals surface area (Å²) in [4.78, 5) is 27.0. The molecule has 3 rings (SSSR count). The molecule has 0 aliphatic carbocycles. The molecule has 0 saturated carbocycles. The van der Waals surface area contributed by atoms with E-state index < -0.39 is 29.1 Å². The van der Waals surface area contributed by atoms with Crippen LogP contribution in [0.5, 0.6) is 0 Å². The number of amides is 1. The molecule has 1 amide bonds. The van der Waals surface area contributed by atoms with Crippen molar-refractivity contribution < 1.29 is 24.2 Å². The predicted molar refractivity (Wildman–Crippen MR) is 86.8 cm³/mol. The number of benzene rings is 1. The van der Waals surface area contributed by atoms with Gasteiger partial charge in [-0.05, 0) is 5.56 Å². The second-order valence-corrected chi connectivity index (χ2v) is 7.15. The van der Waals surface area contributed by atoms with Crippen LogP contribution in [0.15, 0.2) is 36.1 Å². The van der Waals surface area contributed by atoms with Crippen LogP contribution < -0.4 is 0 Å². The van der Waals surface area contributed by atoms with Crippen LogP contribution in [0.2, 0.25) is 0 Å². The van der Waals surface area contributed by atoms with Crippen molar-refractivity contribution in [2.75, 3.05) is 13.7 Å². The first-order valence-electron chi connectivity index (χ1n) is 7.78. The van der Waals surface area contributed by atoms with Crippen molar-refractivity contribution in [3.05, 3.63) is 41.7 Å². The Kier molecular flexibility index (Phi) is 3.68. The fourth-order valence-electron chi connectivity index (χ4n) is 3.36. The lowest BCUT2D eigenvalue weighted by Crippen LogP contribution is -2.56. The Hall–Kier alpha value is -2.34. The molecular weight excluding hydrogens is 310 g/mol. The van der Waals surface area contributed by atoms with E-state index in [-0.39, 0.29) is 17.9 Å². The Bertz CT molecular complexity index is 719. The van der Waals surface area contributed by atoms with E-state index in [2.05, 4.69) is 0 Å². The molecule has 6 heteroatoms. The van der Waals surface area contributed by atoms with Gasteiger partial charge in [-0.25, -0.2) is 4.79 Å². The Morgan fingerprint density at radius 2 is 1.96 bits per heavy atom. The summed E-state index contributed by atoms with van der Waals surface area (Å²) in [5, 5.41) is 10.9. The molecule has 1 aromatic rings. The summed E-state index contributed by atoms with van der Waals surface area (Å²) in [6.45, 7) is 5.61. The van der Waals surface area contributed by atoms with Gasteiger partial charge in [0.05, 0.1) is 19.3 Å². The number of aliphatic hydroxyl groups excluding tert-OH is 1. The van der Waals surface area contributed by atoms with Crippen molar-refractivity contribution in [1.82, 2.24) is 4.90 Å². The number of rotatable bonds is 2. The van der Waals surface area contributed by atoms with Gasteiger partial charge in [0.15, 0.2) is 0 Å². The molecule has 2 aliphatic heterocycles. The SMILES string of the molecule is COC(=O)[C@]12CO[C@H](C(C)(C)C)N1C(=O)C(c1ccccc1)=C2O. The molecule has 128 valence electrons. The van der Waals surface area contributed by atoms with Crippen LogP contribution in [-0.4, -0.2) is 47.4 Å². The van der Waals surface area contributed by atoms with Crippen LogP contribution in [0.4, 0.5) is 0 Å². The average molecular weight is 331 g/mol. The topological polar surface area (TPSA) is 76.1 Å². The Balaban J connectivity index is 2.20. The van der Waals surface area contributed by atoms with Gasteiger partial charge in [0.1, 0.15) is 12.0 Å². The molecule has 24 heavy (non-hydrogen) atoms. The van der Waals surface area contributed by atoms with E-state index in [1.165, 1.54) is 12.0 Å². The van der Waals surface area contributed by atoms with Crippen LogP contribution >= 0.6 is 0 Å². The third kappa shape index (κ3) is 2.06. The standard InChI is InChI=1S/C18H21NO5/c1-17(2,3)15-19-14(21)12(11-8-6-5-7-9-11)13(20)18(19,10-24-15)16(22)23-4/h5-9,15,20H,10H2,1-4H3/t15-,18-/m1/s1. The Morgan fingerprint density at radius 1 is 1.33 bits per heavy atom. The van der Waals surface area contributed by atoms with E-state index in [1.54, 1.807) is 24.3 Å². The van der Waals surface area contributed by atoms with Crippen molar-refractivity contribution in [3.8, 4) is 0 Å². The summed E-state index contributed by atoms with van der Waals surface area (Å²) in [5.41, 5.74) is -1.36. The van der Waals surface area contributed by atoms with E-state index in [1.807, 2.05) is 26.8 Å². The van der Waals surface area contributed by atoms with E-state index in [0.717, 1.165) is 0 Å². The Morgan fingerprint density at radius 3 is 2.50 bits per heavy atom. The maximum Gasteiger partial charge on any atom is 0.342 e. The third-order valence-corrected chi connectivity index (χ3v) is 4.48. The van der Waals surface area contributed by atoms with Crippen LogP contribution in [-0.2, 0) is 19.1 Å². The number of esters is 1. The maximum atomic E-state index is 13.1. The van der Waals surface area contributed by atoms with E-state index in [9.17, 15) is 14.7 Å². The van der Waals surface area contributed by atoms with Gasteiger partial charge in [-0.2, -0.15) is 0 Å². The van der Waals surface area contributed by atoms with E-state index >= 15 is 0 Å². The Labute approximate surface area is 140 Å². The van der Waals surface area contributed by atoms with Crippen LogP contribution in [0, 0.1) is 5.41 Å². The summed E-state index contributed by atoms with van der Waals surface area (Å²) < 4.78 is 10.6. The van der Waals surface area contributed by atoms with E-state index in [4.69, 9.17) is 9.47 Å². The van der Waals surface area contributed by atoms with Gasteiger partial charge in [-0.3, -0.25) is 9.69 Å². The number of aliphatic hydroxyl groups is 1. The fraction of sp³-hybridized carbons (Fsp3) is 0.444. The molecule has 2 atom stereocenters. The first-order chi connectivity index (χ1) is 11.2. The number of hydrogen-bond acceptors (Lipinski definition) is 5. The quantitative estimate of drug-likeness (QED) is 0.840. The zero-order valence-corrected chi connectivity index (χ0v) is 14.2. The number of fused-ring (bicyclic) bond motifs is 1. The molecule has 0 spiro atoms. The zero-order valence-electron chi connectivity index (χ0n) is 14.2. The zero-order chi connectivity index (χ0) is 17.7. The normalized spacial score (nSPS) is 26.8. The summed E-state index contributed by atoms with van der Waals surface area (Å²) >= 11 is 0. The number of ether oxygens (including phenoxy) is 2. The summed E-state index contributed by atoms with van der Waals surface area (Å²) in [6.07, 6.45) is -0.646. The minimum absolute atomic E-state index is 0.124. The summed E-state index contributed by atoms with van der Waals surface area (Å²) in [5.74, 6) is -1.44. The minimum atomic E-state index is -1.62. The second-order valence-electron chi connectivity index (χ2n) is 7.15. The molecule has 1 saturated heterocycles. The summed E-state index contributed by atoms with van der Waals surface area (Å²) in [7, 11) is 1.23. The molecule has 1 N–H and O–H groups in total. The van der Waals surface area contributed by atoms with Crippen LogP contribution in [0.3, 0.4) is 0 Å². The van der Waals surface area contributed by atoms with Crippen LogP contribution in [0.1, 0.15) is 26.3 Å². The van der Waals surface area contributed by atoms with Crippen molar-refractivity contribution in [3.63, 3.8) is 0 Å². The lowest BCUT2D eigenvalue weighted by molar-refractivity contribution is -0.158. The largest absolute Gasteiger partial charge is 0.508 e. The smallest absolute Gasteiger partial charge is 0.342 e. The van der Waals surface area contributed by atoms with Crippen molar-refractivity contribution in [1.29, 1.82) is 0 Å². The molecule has 2 aliphatic rings. The lowest BCUT2D eigenvalue weighted by Gasteiger charge is -2.36. The monoisotopic (exact) mass is 331 g/mol. The number of hydrogen-bond donors (Lipinski definition) is 1. The number of carbonyl (C=O) groups excluding carboxylic acids is 2. The highest BCUT2D eigenvalue weighted by Gasteiger charge is 2.66. The van der Waals surface area contributed by atoms with Gasteiger partial charge in [-0.1, -0.05) is 51.1 Å². The van der Waals surface area contributed by atoms with Crippen molar-refractivity contribution >= 4 is 17.4 Å². The van der Waals surface area contributed by atoms with Gasteiger partial charge in [0.2, 0.25) is 5.54 Å². The van der Waals surface area contributed by atoms with Gasteiger partial charge in [-0.15, -0.1) is 0 Å². The summed E-state index contributed by atoms with van der Waals surface area (Å²) in [6, 6.07) is 8.82. The molecule has 1 fully saturated rings. The second kappa shape index (κ2) is 5.34. The first-order valence-corrected chi connectivity index (χ1v) is 7.78. The lowest BCUT2D eigenvalue weighted by atomic mass is 9.91. The highest BCUT2D eigenvalue weighted by Crippen LogP contribution is 2.48. The molecule has 1 aromatic carbocycles. The van der Waals surface area contributed by atoms with Gasteiger partial charge in [0.25, 0.3) is 5.91 Å². The van der Waals surface area contributed by atoms with Crippen molar-refractivity contribution in [2.24, 2.45) is 5.41 Å². The molecule has 0 unspecified atom stereocenters. The van der Waals surface area contributed by atoms with E-state index in [0.29, 0.717) is 5.56 Å². The van der Waals surface area contributed by atoms with Gasteiger partial charge >= 0.3 is 5.97 Å². The maximum absolute atomic E-state index is 13.1. The highest BCUT2D eigenvalue weighted by molar-refractivity contribution is 6.25. The molecule has 6 nitrogen and oxygen atoms in total. The molecular formula is C18H21NO5. The van der Waals surface area contributed by atoms with Gasteiger partial charge in [0, 0.05) is 5.41 Å². The molecule has 2 heterocycles. The van der Waals surface area contributed by atoms with Crippen molar-refractivity contribution in [2.45, 2.75) is 32.5 Å². The molecule has 0 aromatic heterocycles. The number of methoxy groups -OCH3 is 1.